The van der Waals surface area contributed by atoms with Crippen molar-refractivity contribution in [2.24, 2.45) is 0 Å². The number of nitrogens with zero attached hydrogens (tertiary/aromatic N) is 3. The van der Waals surface area contributed by atoms with Crippen LogP contribution in [-0.2, 0) is 10.0 Å². The number of anilines is 2. The van der Waals surface area contributed by atoms with Gasteiger partial charge in [0.25, 0.3) is 5.91 Å². The molecule has 1 aromatic heterocycles. The average Bonchev–Trinajstić information content (AvgIpc) is 3.16. The Kier molecular flexibility index (Phi) is 6.79. The molecule has 0 atom stereocenters. The number of hydrogen-bond acceptors (Lipinski definition) is 5. The number of aromatic nitrogens is 1. The first-order valence-electron chi connectivity index (χ1n) is 10.8. The lowest BCUT2D eigenvalue weighted by Gasteiger charge is -2.21. The molecule has 2 aromatic rings. The van der Waals surface area contributed by atoms with Crippen LogP contribution < -0.4 is 10.2 Å². The van der Waals surface area contributed by atoms with Crippen LogP contribution in [0.5, 0.6) is 0 Å². The third kappa shape index (κ3) is 5.02. The van der Waals surface area contributed by atoms with Crippen molar-refractivity contribution in [3.05, 3.63) is 47.1 Å². The maximum atomic E-state index is 13.2. The molecular weight excluding hydrogens is 436 g/mol. The van der Waals surface area contributed by atoms with Gasteiger partial charge in [-0.05, 0) is 56.0 Å². The van der Waals surface area contributed by atoms with E-state index in [1.807, 2.05) is 6.07 Å². The predicted octanol–water partition coefficient (Wildman–Crippen LogP) is 4.15. The zero-order valence-electron chi connectivity index (χ0n) is 17.4. The summed E-state index contributed by atoms with van der Waals surface area (Å²) in [6, 6.07) is 8.04. The number of pyridine rings is 1. The van der Waals surface area contributed by atoms with Crippen LogP contribution in [0.1, 0.15) is 48.9 Å². The number of halogens is 1. The maximum Gasteiger partial charge on any atom is 0.256 e. The van der Waals surface area contributed by atoms with Crippen molar-refractivity contribution in [2.45, 2.75) is 43.4 Å². The second-order valence-electron chi connectivity index (χ2n) is 8.01. The van der Waals surface area contributed by atoms with Gasteiger partial charge in [0, 0.05) is 31.7 Å². The first-order chi connectivity index (χ1) is 14.9. The van der Waals surface area contributed by atoms with Gasteiger partial charge in [0.05, 0.1) is 16.9 Å². The van der Waals surface area contributed by atoms with Gasteiger partial charge in [0.15, 0.2) is 0 Å². The van der Waals surface area contributed by atoms with Crippen LogP contribution >= 0.6 is 11.6 Å². The van der Waals surface area contributed by atoms with Crippen LogP contribution in [0.4, 0.5) is 11.5 Å². The average molecular weight is 463 g/mol. The Morgan fingerprint density at radius 2 is 1.61 bits per heavy atom. The van der Waals surface area contributed by atoms with E-state index in [-0.39, 0.29) is 15.5 Å². The van der Waals surface area contributed by atoms with E-state index in [4.69, 9.17) is 11.6 Å². The molecule has 0 unspecified atom stereocenters. The summed E-state index contributed by atoms with van der Waals surface area (Å²) in [7, 11) is -3.76. The van der Waals surface area contributed by atoms with Gasteiger partial charge in [-0.15, -0.1) is 0 Å². The zero-order valence-corrected chi connectivity index (χ0v) is 19.0. The SMILES string of the molecule is O=C(Nc1ccc(N2CCCC2)cn1)c1ccc(Cl)c(S(=O)(=O)N2CCCCCC2)c1. The normalized spacial score (nSPS) is 18.0. The molecule has 7 nitrogen and oxygen atoms in total. The third-order valence-corrected chi connectivity index (χ3v) is 8.22. The summed E-state index contributed by atoms with van der Waals surface area (Å²) in [4.78, 5) is 19.3. The van der Waals surface area contributed by atoms with Gasteiger partial charge >= 0.3 is 0 Å². The molecule has 0 radical (unpaired) electrons. The van der Waals surface area contributed by atoms with Crippen LogP contribution in [0, 0.1) is 0 Å². The molecule has 0 bridgehead atoms. The van der Waals surface area contributed by atoms with Crippen molar-refractivity contribution in [3.8, 4) is 0 Å². The number of nitrogens with one attached hydrogen (secondary N) is 1. The Morgan fingerprint density at radius 3 is 2.26 bits per heavy atom. The fraction of sp³-hybridized carbons (Fsp3) is 0.455. The van der Waals surface area contributed by atoms with Gasteiger partial charge in [0.2, 0.25) is 10.0 Å². The minimum atomic E-state index is -3.76. The highest BCUT2D eigenvalue weighted by Gasteiger charge is 2.28. The number of rotatable bonds is 5. The molecule has 0 spiro atoms. The Labute approximate surface area is 188 Å². The molecule has 1 aromatic carbocycles. The molecular formula is C22H27ClN4O3S. The number of amides is 1. The summed E-state index contributed by atoms with van der Waals surface area (Å²) in [5.41, 5.74) is 1.26. The standard InChI is InChI=1S/C22H27ClN4O3S/c23-19-9-7-17(15-20(19)31(29,30)27-13-3-1-2-4-14-27)22(28)25-21-10-8-18(16-24-21)26-11-5-6-12-26/h7-10,15-16H,1-6,11-14H2,(H,24,25,28). The molecule has 4 rings (SSSR count). The summed E-state index contributed by atoms with van der Waals surface area (Å²) in [6.45, 7) is 2.99. The molecule has 2 aliphatic heterocycles. The van der Waals surface area contributed by atoms with Crippen LogP contribution in [0.25, 0.3) is 0 Å². The van der Waals surface area contributed by atoms with Gasteiger partial charge in [-0.2, -0.15) is 4.31 Å². The largest absolute Gasteiger partial charge is 0.370 e. The van der Waals surface area contributed by atoms with Gasteiger partial charge in [-0.25, -0.2) is 13.4 Å². The molecule has 2 saturated heterocycles. The Balaban J connectivity index is 1.51. The van der Waals surface area contributed by atoms with Crippen molar-refractivity contribution >= 4 is 39.0 Å². The number of benzene rings is 1. The summed E-state index contributed by atoms with van der Waals surface area (Å²) in [5.74, 6) is -0.00905. The lowest BCUT2D eigenvalue weighted by atomic mass is 10.2. The van der Waals surface area contributed by atoms with E-state index in [2.05, 4.69) is 15.2 Å². The van der Waals surface area contributed by atoms with Crippen molar-refractivity contribution in [2.75, 3.05) is 36.4 Å². The van der Waals surface area contributed by atoms with E-state index in [1.165, 1.54) is 35.3 Å². The van der Waals surface area contributed by atoms with E-state index in [0.29, 0.717) is 18.9 Å². The minimum absolute atomic E-state index is 0.0268. The van der Waals surface area contributed by atoms with Gasteiger partial charge in [-0.3, -0.25) is 4.79 Å². The predicted molar refractivity (Wildman–Crippen MR) is 122 cm³/mol. The van der Waals surface area contributed by atoms with Crippen molar-refractivity contribution in [3.63, 3.8) is 0 Å². The van der Waals surface area contributed by atoms with Crippen LogP contribution in [0.15, 0.2) is 41.4 Å². The Bertz CT molecular complexity index is 1030. The van der Waals surface area contributed by atoms with E-state index >= 15 is 0 Å². The zero-order chi connectivity index (χ0) is 21.8. The molecule has 31 heavy (non-hydrogen) atoms. The molecule has 2 aliphatic rings. The highest BCUT2D eigenvalue weighted by atomic mass is 35.5. The molecule has 1 N–H and O–H groups in total. The monoisotopic (exact) mass is 462 g/mol. The summed E-state index contributed by atoms with van der Waals surface area (Å²) in [6.07, 6.45) is 7.80. The topological polar surface area (TPSA) is 82.6 Å². The fourth-order valence-corrected chi connectivity index (χ4v) is 6.09. The second kappa shape index (κ2) is 9.54. The van der Waals surface area contributed by atoms with Crippen molar-refractivity contribution < 1.29 is 13.2 Å². The van der Waals surface area contributed by atoms with Gasteiger partial charge in [-0.1, -0.05) is 24.4 Å². The van der Waals surface area contributed by atoms with E-state index in [1.54, 1.807) is 12.3 Å². The summed E-state index contributed by atoms with van der Waals surface area (Å²) in [5, 5.41) is 2.86. The highest BCUT2D eigenvalue weighted by Crippen LogP contribution is 2.28. The Hall–Kier alpha value is -2.16. The third-order valence-electron chi connectivity index (χ3n) is 5.84. The fourth-order valence-electron chi connectivity index (χ4n) is 4.07. The number of hydrogen-bond donors (Lipinski definition) is 1. The highest BCUT2D eigenvalue weighted by molar-refractivity contribution is 7.89. The number of carbonyl (C=O) groups excluding carboxylic acids is 1. The lowest BCUT2D eigenvalue weighted by Crippen LogP contribution is -2.32. The van der Waals surface area contributed by atoms with Crippen molar-refractivity contribution in [1.82, 2.24) is 9.29 Å². The molecule has 1 amide bonds. The van der Waals surface area contributed by atoms with Crippen LogP contribution in [-0.4, -0.2) is 49.8 Å². The number of sulfonamides is 1. The van der Waals surface area contributed by atoms with Gasteiger partial charge in [0.1, 0.15) is 10.7 Å². The van der Waals surface area contributed by atoms with E-state index in [9.17, 15) is 13.2 Å². The first-order valence-corrected chi connectivity index (χ1v) is 12.6. The first kappa shape index (κ1) is 22.0. The molecule has 9 heteroatoms. The molecule has 2 fully saturated rings. The minimum Gasteiger partial charge on any atom is -0.370 e. The summed E-state index contributed by atoms with van der Waals surface area (Å²) < 4.78 is 27.8. The molecule has 0 aliphatic carbocycles. The molecule has 166 valence electrons. The smallest absolute Gasteiger partial charge is 0.256 e. The number of carbonyl (C=O) groups is 1. The maximum absolute atomic E-state index is 13.2. The summed E-state index contributed by atoms with van der Waals surface area (Å²) >= 11 is 6.23. The second-order valence-corrected chi connectivity index (χ2v) is 10.3. The molecule has 3 heterocycles. The van der Waals surface area contributed by atoms with Gasteiger partial charge < -0.3 is 10.2 Å². The van der Waals surface area contributed by atoms with Crippen LogP contribution in [0.2, 0.25) is 5.02 Å². The quantitative estimate of drug-likeness (QED) is 0.721. The lowest BCUT2D eigenvalue weighted by molar-refractivity contribution is 0.102. The van der Waals surface area contributed by atoms with Crippen molar-refractivity contribution in [1.29, 1.82) is 0 Å². The van der Waals surface area contributed by atoms with E-state index in [0.717, 1.165) is 44.5 Å². The Morgan fingerprint density at radius 1 is 0.935 bits per heavy atom. The molecule has 0 saturated carbocycles. The van der Waals surface area contributed by atoms with E-state index < -0.39 is 15.9 Å². The van der Waals surface area contributed by atoms with Crippen LogP contribution in [0.3, 0.4) is 0 Å².